The molecule has 148 valence electrons. The molecule has 0 saturated heterocycles. The number of aromatic nitrogens is 2. The smallest absolute Gasteiger partial charge is 0.383 e. The second kappa shape index (κ2) is 6.57. The Morgan fingerprint density at radius 3 is 2.25 bits per heavy atom. The van der Waals surface area contributed by atoms with Crippen LogP contribution in [0.1, 0.15) is 29.7 Å². The molecule has 0 spiro atoms. The van der Waals surface area contributed by atoms with Crippen LogP contribution in [0.25, 0.3) is 5.69 Å². The molecule has 1 aliphatic carbocycles. The van der Waals surface area contributed by atoms with Gasteiger partial charge in [0.15, 0.2) is 5.69 Å². The SMILES string of the molecule is CN(C)C(=O)C1(c2c(C#N)nn(-c3c(Cl)cc(C(F)(F)F)cc3Cl)c2N)CC1. The normalized spacial score (nSPS) is 15.2. The van der Waals surface area contributed by atoms with Gasteiger partial charge in [-0.2, -0.15) is 23.5 Å². The lowest BCUT2D eigenvalue weighted by molar-refractivity contribution is -0.137. The molecule has 11 heteroatoms. The highest BCUT2D eigenvalue weighted by Crippen LogP contribution is 2.53. The van der Waals surface area contributed by atoms with Gasteiger partial charge in [-0.25, -0.2) is 4.68 Å². The van der Waals surface area contributed by atoms with Gasteiger partial charge in [-0.05, 0) is 25.0 Å². The maximum Gasteiger partial charge on any atom is 0.416 e. The molecule has 1 amide bonds. The molecule has 1 aliphatic rings. The second-order valence-electron chi connectivity index (χ2n) is 6.70. The molecule has 0 radical (unpaired) electrons. The van der Waals surface area contributed by atoms with Gasteiger partial charge in [0.2, 0.25) is 5.91 Å². The minimum atomic E-state index is -4.64. The first-order valence-corrected chi connectivity index (χ1v) is 8.77. The topological polar surface area (TPSA) is 87.9 Å². The lowest BCUT2D eigenvalue weighted by Crippen LogP contribution is -2.34. The van der Waals surface area contributed by atoms with Crippen LogP contribution in [0.3, 0.4) is 0 Å². The Kier molecular flexibility index (Phi) is 4.76. The molecule has 28 heavy (non-hydrogen) atoms. The van der Waals surface area contributed by atoms with Crippen LogP contribution in [0.15, 0.2) is 12.1 Å². The Bertz CT molecular complexity index is 996. The van der Waals surface area contributed by atoms with Crippen LogP contribution in [0.4, 0.5) is 19.0 Å². The van der Waals surface area contributed by atoms with E-state index in [4.69, 9.17) is 28.9 Å². The Balaban J connectivity index is 2.21. The molecular weight excluding hydrogens is 418 g/mol. The van der Waals surface area contributed by atoms with Gasteiger partial charge in [0, 0.05) is 19.7 Å². The van der Waals surface area contributed by atoms with Crippen LogP contribution < -0.4 is 5.73 Å². The molecule has 1 aromatic carbocycles. The van der Waals surface area contributed by atoms with Crippen molar-refractivity contribution in [3.8, 4) is 11.8 Å². The van der Waals surface area contributed by atoms with Gasteiger partial charge < -0.3 is 10.6 Å². The number of likely N-dealkylation sites (N-methyl/N-ethyl adjacent to an activating group) is 1. The fourth-order valence-corrected chi connectivity index (χ4v) is 3.85. The van der Waals surface area contributed by atoms with E-state index in [0.717, 1.165) is 4.68 Å². The molecule has 2 aromatic rings. The van der Waals surface area contributed by atoms with Gasteiger partial charge >= 0.3 is 6.18 Å². The van der Waals surface area contributed by atoms with Crippen LogP contribution in [0.2, 0.25) is 10.0 Å². The van der Waals surface area contributed by atoms with Crippen molar-refractivity contribution in [2.45, 2.75) is 24.4 Å². The zero-order valence-corrected chi connectivity index (χ0v) is 16.2. The van der Waals surface area contributed by atoms with Crippen molar-refractivity contribution in [2.24, 2.45) is 0 Å². The van der Waals surface area contributed by atoms with E-state index < -0.39 is 17.2 Å². The summed E-state index contributed by atoms with van der Waals surface area (Å²) >= 11 is 12.1. The monoisotopic (exact) mass is 431 g/mol. The van der Waals surface area contributed by atoms with Crippen LogP contribution in [-0.4, -0.2) is 34.7 Å². The number of hydrogen-bond acceptors (Lipinski definition) is 4. The standard InChI is InChI=1S/C17H14Cl2F3N5O/c1-26(2)15(28)16(3-4-16)12-11(7-23)25-27(14(12)24)13-9(18)5-8(6-10(13)19)17(20,21)22/h5-6H,3-4,24H2,1-2H3. The number of carbonyl (C=O) groups is 1. The van der Waals surface area contributed by atoms with Crippen LogP contribution in [0.5, 0.6) is 0 Å². The van der Waals surface area contributed by atoms with Crippen LogP contribution >= 0.6 is 23.2 Å². The molecule has 0 unspecified atom stereocenters. The number of alkyl halides is 3. The first-order chi connectivity index (χ1) is 12.9. The molecule has 0 atom stereocenters. The predicted molar refractivity (Wildman–Crippen MR) is 97.3 cm³/mol. The largest absolute Gasteiger partial charge is 0.416 e. The molecule has 1 heterocycles. The average molecular weight is 432 g/mol. The zero-order chi connectivity index (χ0) is 21.0. The molecule has 1 aromatic heterocycles. The molecule has 2 N–H and O–H groups in total. The number of benzene rings is 1. The van der Waals surface area contributed by atoms with Crippen molar-refractivity contribution in [1.29, 1.82) is 5.26 Å². The quantitative estimate of drug-likeness (QED) is 0.800. The summed E-state index contributed by atoms with van der Waals surface area (Å²) in [6.07, 6.45) is -3.69. The lowest BCUT2D eigenvalue weighted by Gasteiger charge is -2.20. The van der Waals surface area contributed by atoms with E-state index >= 15 is 0 Å². The van der Waals surface area contributed by atoms with Crippen molar-refractivity contribution in [1.82, 2.24) is 14.7 Å². The van der Waals surface area contributed by atoms with Gasteiger partial charge in [-0.1, -0.05) is 23.2 Å². The molecule has 0 bridgehead atoms. The maximum absolute atomic E-state index is 13.0. The van der Waals surface area contributed by atoms with Gasteiger partial charge in [0.25, 0.3) is 0 Å². The molecule has 6 nitrogen and oxygen atoms in total. The van der Waals surface area contributed by atoms with E-state index in [1.54, 1.807) is 14.1 Å². The highest BCUT2D eigenvalue weighted by atomic mass is 35.5. The second-order valence-corrected chi connectivity index (χ2v) is 7.51. The number of anilines is 1. The van der Waals surface area contributed by atoms with Crippen LogP contribution in [0, 0.1) is 11.3 Å². The average Bonchev–Trinajstić information content (AvgIpc) is 3.32. The predicted octanol–water partition coefficient (Wildman–Crippen LogP) is 3.77. The molecule has 1 saturated carbocycles. The first kappa shape index (κ1) is 20.3. The van der Waals surface area contributed by atoms with Crippen molar-refractivity contribution >= 4 is 34.9 Å². The summed E-state index contributed by atoms with van der Waals surface area (Å²) in [6, 6.07) is 3.30. The zero-order valence-electron chi connectivity index (χ0n) is 14.7. The maximum atomic E-state index is 13.0. The number of nitriles is 1. The third-order valence-corrected chi connectivity index (χ3v) is 5.20. The summed E-state index contributed by atoms with van der Waals surface area (Å²) < 4.78 is 39.9. The van der Waals surface area contributed by atoms with E-state index in [2.05, 4.69) is 5.10 Å². The number of nitrogen functional groups attached to an aromatic ring is 1. The number of hydrogen-bond donors (Lipinski definition) is 1. The third-order valence-electron chi connectivity index (χ3n) is 4.63. The van der Waals surface area contributed by atoms with Gasteiger partial charge in [-0.15, -0.1) is 0 Å². The van der Waals surface area contributed by atoms with Crippen molar-refractivity contribution in [3.05, 3.63) is 39.0 Å². The van der Waals surface area contributed by atoms with Crippen LogP contribution in [-0.2, 0) is 16.4 Å². The van der Waals surface area contributed by atoms with E-state index in [1.807, 2.05) is 6.07 Å². The van der Waals surface area contributed by atoms with Gasteiger partial charge in [0.05, 0.1) is 21.0 Å². The summed E-state index contributed by atoms with van der Waals surface area (Å²) in [5.41, 5.74) is 4.21. The summed E-state index contributed by atoms with van der Waals surface area (Å²) in [6.45, 7) is 0. The number of halogens is 5. The minimum Gasteiger partial charge on any atom is -0.383 e. The fourth-order valence-electron chi connectivity index (χ4n) is 3.21. The molecule has 0 aliphatic heterocycles. The number of carbonyl (C=O) groups excluding carboxylic acids is 1. The Labute approximate surface area is 168 Å². The molecule has 3 rings (SSSR count). The number of amides is 1. The summed E-state index contributed by atoms with van der Waals surface area (Å²) in [4.78, 5) is 14.0. The van der Waals surface area contributed by atoms with Crippen molar-refractivity contribution in [3.63, 3.8) is 0 Å². The highest BCUT2D eigenvalue weighted by molar-refractivity contribution is 6.38. The fraction of sp³-hybridized carbons (Fsp3) is 0.353. The number of nitrogens with zero attached hydrogens (tertiary/aromatic N) is 4. The van der Waals surface area contributed by atoms with Gasteiger partial charge in [-0.3, -0.25) is 4.79 Å². The van der Waals surface area contributed by atoms with E-state index in [-0.39, 0.29) is 38.7 Å². The van der Waals surface area contributed by atoms with Crippen molar-refractivity contribution < 1.29 is 18.0 Å². The molecular formula is C17H14Cl2F3N5O. The third kappa shape index (κ3) is 3.06. The summed E-state index contributed by atoms with van der Waals surface area (Å²) in [5.74, 6) is -0.298. The first-order valence-electron chi connectivity index (χ1n) is 8.01. The summed E-state index contributed by atoms with van der Waals surface area (Å²) in [7, 11) is 3.16. The summed E-state index contributed by atoms with van der Waals surface area (Å²) in [5, 5.41) is 12.9. The Hall–Kier alpha value is -2.44. The number of rotatable bonds is 3. The van der Waals surface area contributed by atoms with E-state index in [1.165, 1.54) is 4.90 Å². The Morgan fingerprint density at radius 2 is 1.86 bits per heavy atom. The minimum absolute atomic E-state index is 0.0622. The highest BCUT2D eigenvalue weighted by Gasteiger charge is 2.56. The number of nitrogens with two attached hydrogens (primary N) is 1. The van der Waals surface area contributed by atoms with Crippen molar-refractivity contribution in [2.75, 3.05) is 19.8 Å². The Morgan fingerprint density at radius 1 is 1.32 bits per heavy atom. The van der Waals surface area contributed by atoms with E-state index in [0.29, 0.717) is 25.0 Å². The van der Waals surface area contributed by atoms with E-state index in [9.17, 15) is 23.2 Å². The lowest BCUT2D eigenvalue weighted by atomic mass is 9.94. The molecule has 1 fully saturated rings. The van der Waals surface area contributed by atoms with Gasteiger partial charge in [0.1, 0.15) is 17.6 Å².